The van der Waals surface area contributed by atoms with Gasteiger partial charge < -0.3 is 14.2 Å². The Morgan fingerprint density at radius 3 is 2.39 bits per heavy atom. The maximum Gasteiger partial charge on any atom is 0.342 e. The molecule has 0 radical (unpaired) electrons. The summed E-state index contributed by atoms with van der Waals surface area (Å²) < 4.78 is 16.4. The molecule has 0 heterocycles. The van der Waals surface area contributed by atoms with Crippen molar-refractivity contribution in [1.29, 1.82) is 0 Å². The zero-order chi connectivity index (χ0) is 16.3. The fourth-order valence-corrected chi connectivity index (χ4v) is 1.98. The second-order valence-electron chi connectivity index (χ2n) is 5.00. The molecule has 0 N–H and O–H groups in total. The summed E-state index contributed by atoms with van der Waals surface area (Å²) >= 11 is 0. The number of hydrogen-bond donors (Lipinski definition) is 0. The third-order valence-electron chi connectivity index (χ3n) is 3.19. The van der Waals surface area contributed by atoms with Crippen LogP contribution in [0.1, 0.15) is 30.1 Å². The van der Waals surface area contributed by atoms with Crippen molar-refractivity contribution in [2.75, 3.05) is 19.8 Å². The van der Waals surface area contributed by atoms with Crippen LogP contribution >= 0.6 is 0 Å². The zero-order valence-electron chi connectivity index (χ0n) is 13.4. The summed E-state index contributed by atoms with van der Waals surface area (Å²) in [6.45, 7) is 3.19. The van der Waals surface area contributed by atoms with Crippen molar-refractivity contribution >= 4 is 5.97 Å². The third kappa shape index (κ3) is 5.66. The van der Waals surface area contributed by atoms with E-state index in [0.717, 1.165) is 18.6 Å². The molecule has 0 atom stereocenters. The lowest BCUT2D eigenvalue weighted by Crippen LogP contribution is -2.13. The number of hydrogen-bond acceptors (Lipinski definition) is 4. The first-order valence-electron chi connectivity index (χ1n) is 7.88. The molecule has 0 aliphatic heterocycles. The topological polar surface area (TPSA) is 44.8 Å². The SMILES string of the molecule is CCCCOc1ccccc1C(=O)OCCOc1ccccc1. The van der Waals surface area contributed by atoms with Crippen LogP contribution in [0.2, 0.25) is 0 Å². The van der Waals surface area contributed by atoms with Gasteiger partial charge >= 0.3 is 5.97 Å². The van der Waals surface area contributed by atoms with Crippen molar-refractivity contribution in [3.63, 3.8) is 0 Å². The van der Waals surface area contributed by atoms with E-state index in [1.54, 1.807) is 18.2 Å². The highest BCUT2D eigenvalue weighted by Gasteiger charge is 2.13. The molecule has 0 saturated carbocycles. The van der Waals surface area contributed by atoms with Gasteiger partial charge in [-0.05, 0) is 30.7 Å². The molecular formula is C19H22O4. The summed E-state index contributed by atoms with van der Waals surface area (Å²) in [6.07, 6.45) is 2.00. The summed E-state index contributed by atoms with van der Waals surface area (Å²) in [5.74, 6) is 0.926. The van der Waals surface area contributed by atoms with E-state index in [4.69, 9.17) is 14.2 Å². The smallest absolute Gasteiger partial charge is 0.342 e. The Labute approximate surface area is 137 Å². The Hall–Kier alpha value is -2.49. The number of para-hydroxylation sites is 2. The Bertz CT molecular complexity index is 595. The standard InChI is InChI=1S/C19H22O4/c1-2-3-13-22-18-12-8-7-11-17(18)19(20)23-15-14-21-16-9-5-4-6-10-16/h4-12H,2-3,13-15H2,1H3. The van der Waals surface area contributed by atoms with Gasteiger partial charge in [-0.3, -0.25) is 0 Å². The van der Waals surface area contributed by atoms with Crippen molar-refractivity contribution in [3.05, 3.63) is 60.2 Å². The minimum Gasteiger partial charge on any atom is -0.493 e. The Morgan fingerprint density at radius 1 is 0.870 bits per heavy atom. The first-order chi connectivity index (χ1) is 11.3. The van der Waals surface area contributed by atoms with Crippen LogP contribution in [-0.2, 0) is 4.74 Å². The summed E-state index contributed by atoms with van der Waals surface area (Å²) in [5.41, 5.74) is 0.448. The van der Waals surface area contributed by atoms with E-state index in [1.807, 2.05) is 36.4 Å². The largest absolute Gasteiger partial charge is 0.493 e. The van der Waals surface area contributed by atoms with Gasteiger partial charge in [-0.1, -0.05) is 43.7 Å². The van der Waals surface area contributed by atoms with Gasteiger partial charge in [0.25, 0.3) is 0 Å². The van der Waals surface area contributed by atoms with Crippen LogP contribution in [0.5, 0.6) is 11.5 Å². The van der Waals surface area contributed by atoms with Gasteiger partial charge in [0.1, 0.15) is 30.3 Å². The lowest BCUT2D eigenvalue weighted by Gasteiger charge is -2.11. The fourth-order valence-electron chi connectivity index (χ4n) is 1.98. The molecule has 0 amide bonds. The molecule has 4 nitrogen and oxygen atoms in total. The Morgan fingerprint density at radius 2 is 1.61 bits per heavy atom. The lowest BCUT2D eigenvalue weighted by atomic mass is 10.2. The third-order valence-corrected chi connectivity index (χ3v) is 3.19. The molecule has 0 aliphatic carbocycles. The van der Waals surface area contributed by atoms with Gasteiger partial charge in [0.15, 0.2) is 0 Å². The molecule has 0 bridgehead atoms. The highest BCUT2D eigenvalue weighted by molar-refractivity contribution is 5.92. The minimum absolute atomic E-state index is 0.191. The summed E-state index contributed by atoms with van der Waals surface area (Å²) in [5, 5.41) is 0. The van der Waals surface area contributed by atoms with Crippen LogP contribution in [0, 0.1) is 0 Å². The van der Waals surface area contributed by atoms with Crippen LogP contribution < -0.4 is 9.47 Å². The van der Waals surface area contributed by atoms with E-state index < -0.39 is 5.97 Å². The molecule has 4 heteroatoms. The monoisotopic (exact) mass is 314 g/mol. The minimum atomic E-state index is -0.395. The second kappa shape index (κ2) is 9.51. The van der Waals surface area contributed by atoms with E-state index in [0.29, 0.717) is 24.5 Å². The van der Waals surface area contributed by atoms with Crippen LogP contribution in [0.4, 0.5) is 0 Å². The number of carbonyl (C=O) groups excluding carboxylic acids is 1. The second-order valence-corrected chi connectivity index (χ2v) is 5.00. The molecule has 0 aliphatic rings. The van der Waals surface area contributed by atoms with Gasteiger partial charge in [0.05, 0.1) is 6.61 Å². The number of ether oxygens (including phenoxy) is 3. The highest BCUT2D eigenvalue weighted by atomic mass is 16.6. The van der Waals surface area contributed by atoms with Gasteiger partial charge in [0.2, 0.25) is 0 Å². The number of carbonyl (C=O) groups is 1. The highest BCUT2D eigenvalue weighted by Crippen LogP contribution is 2.19. The molecular weight excluding hydrogens is 292 g/mol. The summed E-state index contributed by atoms with van der Waals surface area (Å²) in [7, 11) is 0. The van der Waals surface area contributed by atoms with Gasteiger partial charge in [-0.25, -0.2) is 4.79 Å². The van der Waals surface area contributed by atoms with Crippen LogP contribution in [0.15, 0.2) is 54.6 Å². The van der Waals surface area contributed by atoms with Gasteiger partial charge in [0, 0.05) is 0 Å². The first-order valence-corrected chi connectivity index (χ1v) is 7.88. The molecule has 0 saturated heterocycles. The van der Waals surface area contributed by atoms with Crippen molar-refractivity contribution in [2.24, 2.45) is 0 Å². The number of unbranched alkanes of at least 4 members (excludes halogenated alkanes) is 1. The predicted molar refractivity (Wildman–Crippen MR) is 89.1 cm³/mol. The molecule has 23 heavy (non-hydrogen) atoms. The Kier molecular flexibility index (Phi) is 6.98. The van der Waals surface area contributed by atoms with Gasteiger partial charge in [-0.2, -0.15) is 0 Å². The van der Waals surface area contributed by atoms with Crippen molar-refractivity contribution in [1.82, 2.24) is 0 Å². The summed E-state index contributed by atoms with van der Waals surface area (Å²) in [4.78, 5) is 12.2. The van der Waals surface area contributed by atoms with Crippen LogP contribution in [0.3, 0.4) is 0 Å². The van der Waals surface area contributed by atoms with E-state index in [1.165, 1.54) is 0 Å². The first kappa shape index (κ1) is 16.9. The van der Waals surface area contributed by atoms with E-state index in [2.05, 4.69) is 6.92 Å². The molecule has 2 aromatic rings. The fraction of sp³-hybridized carbons (Fsp3) is 0.316. The van der Waals surface area contributed by atoms with Crippen LogP contribution in [0.25, 0.3) is 0 Å². The number of rotatable bonds is 9. The molecule has 122 valence electrons. The molecule has 0 fully saturated rings. The molecule has 0 aromatic heterocycles. The van der Waals surface area contributed by atoms with Crippen molar-refractivity contribution in [2.45, 2.75) is 19.8 Å². The van der Waals surface area contributed by atoms with E-state index >= 15 is 0 Å². The number of esters is 1. The normalized spacial score (nSPS) is 10.1. The average molecular weight is 314 g/mol. The maximum absolute atomic E-state index is 12.2. The quantitative estimate of drug-likeness (QED) is 0.516. The van der Waals surface area contributed by atoms with Crippen LogP contribution in [-0.4, -0.2) is 25.8 Å². The van der Waals surface area contributed by atoms with E-state index in [-0.39, 0.29) is 6.61 Å². The molecule has 0 unspecified atom stereocenters. The zero-order valence-corrected chi connectivity index (χ0v) is 13.4. The summed E-state index contributed by atoms with van der Waals surface area (Å²) in [6, 6.07) is 16.6. The van der Waals surface area contributed by atoms with Crippen molar-refractivity contribution < 1.29 is 19.0 Å². The van der Waals surface area contributed by atoms with Gasteiger partial charge in [-0.15, -0.1) is 0 Å². The average Bonchev–Trinajstić information content (AvgIpc) is 2.60. The molecule has 2 aromatic carbocycles. The predicted octanol–water partition coefficient (Wildman–Crippen LogP) is 4.10. The lowest BCUT2D eigenvalue weighted by molar-refractivity contribution is 0.0446. The van der Waals surface area contributed by atoms with E-state index in [9.17, 15) is 4.79 Å². The maximum atomic E-state index is 12.2. The molecule has 2 rings (SSSR count). The Balaban J connectivity index is 1.81. The number of benzene rings is 2. The van der Waals surface area contributed by atoms with Crippen molar-refractivity contribution in [3.8, 4) is 11.5 Å². The molecule has 0 spiro atoms.